The molecule has 0 unspecified atom stereocenters. The van der Waals surface area contributed by atoms with Gasteiger partial charge in [-0.25, -0.2) is 4.79 Å². The fraction of sp³-hybridized carbons (Fsp3) is 0. The molecule has 0 spiro atoms. The van der Waals surface area contributed by atoms with Crippen molar-refractivity contribution in [2.24, 2.45) is 0 Å². The summed E-state index contributed by atoms with van der Waals surface area (Å²) >= 11 is 6.74. The first-order valence-electron chi connectivity index (χ1n) is 4.25. The minimum Gasteiger partial charge on any atom is -0.465 e. The van der Waals surface area contributed by atoms with Crippen molar-refractivity contribution in [2.75, 3.05) is 5.32 Å². The molecule has 82 valence electrons. The highest BCUT2D eigenvalue weighted by Gasteiger charge is 2.07. The summed E-state index contributed by atoms with van der Waals surface area (Å²) in [6, 6.07) is 6.99. The molecule has 1 aromatic heterocycles. The van der Waals surface area contributed by atoms with E-state index >= 15 is 0 Å². The molecular weight excluding hydrogens is 250 g/mol. The Balaban J connectivity index is 2.24. The predicted molar refractivity (Wildman–Crippen MR) is 62.0 cm³/mol. The molecule has 5 nitrogen and oxygen atoms in total. The number of nitrogens with zero attached hydrogens (tertiary/aromatic N) is 2. The van der Waals surface area contributed by atoms with Gasteiger partial charge >= 0.3 is 6.09 Å². The Hall–Kier alpha value is -1.66. The van der Waals surface area contributed by atoms with Gasteiger partial charge in [0.05, 0.1) is 0 Å². The van der Waals surface area contributed by atoms with Crippen LogP contribution < -0.4 is 5.32 Å². The molecule has 2 aromatic rings. The topological polar surface area (TPSA) is 75.1 Å². The fourth-order valence-electron chi connectivity index (χ4n) is 1.08. The number of benzene rings is 1. The average molecular weight is 256 g/mol. The van der Waals surface area contributed by atoms with Gasteiger partial charge < -0.3 is 5.11 Å². The number of rotatable bonds is 2. The van der Waals surface area contributed by atoms with Crippen molar-refractivity contribution < 1.29 is 9.90 Å². The molecule has 0 bridgehead atoms. The summed E-state index contributed by atoms with van der Waals surface area (Å²) in [6.07, 6.45) is -1.15. The van der Waals surface area contributed by atoms with Crippen LogP contribution in [-0.4, -0.2) is 20.6 Å². The molecule has 0 atom stereocenters. The van der Waals surface area contributed by atoms with Gasteiger partial charge in [0, 0.05) is 22.1 Å². The number of carboxylic acid groups (broad SMARTS) is 1. The predicted octanol–water partition coefficient (Wildman–Crippen LogP) is 2.95. The van der Waals surface area contributed by atoms with E-state index in [2.05, 4.69) is 14.7 Å². The number of carbonyl (C=O) groups is 1. The summed E-state index contributed by atoms with van der Waals surface area (Å²) in [4.78, 5) is 14.4. The minimum absolute atomic E-state index is 0.248. The molecule has 1 amide bonds. The van der Waals surface area contributed by atoms with Crippen molar-refractivity contribution in [2.45, 2.75) is 0 Å². The van der Waals surface area contributed by atoms with E-state index in [1.54, 1.807) is 24.3 Å². The summed E-state index contributed by atoms with van der Waals surface area (Å²) in [6.45, 7) is 0. The van der Waals surface area contributed by atoms with Crippen LogP contribution in [0.1, 0.15) is 0 Å². The van der Waals surface area contributed by atoms with Crippen LogP contribution in [-0.2, 0) is 0 Å². The minimum atomic E-state index is -1.15. The number of halogens is 1. The number of hydrogen-bond acceptors (Lipinski definition) is 4. The van der Waals surface area contributed by atoms with Crippen LogP contribution in [0, 0.1) is 0 Å². The van der Waals surface area contributed by atoms with Crippen molar-refractivity contribution in [1.29, 1.82) is 0 Å². The molecule has 0 radical (unpaired) electrons. The van der Waals surface area contributed by atoms with E-state index in [4.69, 9.17) is 16.7 Å². The zero-order valence-electron chi connectivity index (χ0n) is 7.85. The van der Waals surface area contributed by atoms with Crippen LogP contribution in [0.2, 0.25) is 5.02 Å². The summed E-state index contributed by atoms with van der Waals surface area (Å²) in [5.41, 5.74) is 0.791. The molecule has 0 aliphatic heterocycles. The number of anilines is 1. The second kappa shape index (κ2) is 4.46. The SMILES string of the molecule is O=C(O)Nc1nc(-c2ccc(Cl)cc2)ns1. The first-order valence-corrected chi connectivity index (χ1v) is 5.40. The normalized spacial score (nSPS) is 10.1. The lowest BCUT2D eigenvalue weighted by atomic mass is 10.2. The van der Waals surface area contributed by atoms with E-state index in [9.17, 15) is 4.79 Å². The van der Waals surface area contributed by atoms with E-state index in [0.717, 1.165) is 17.1 Å². The number of hydrogen-bond donors (Lipinski definition) is 2. The number of aromatic nitrogens is 2. The molecule has 0 saturated heterocycles. The maximum absolute atomic E-state index is 10.4. The maximum Gasteiger partial charge on any atom is 0.411 e. The van der Waals surface area contributed by atoms with Gasteiger partial charge in [-0.2, -0.15) is 9.36 Å². The number of nitrogens with one attached hydrogen (secondary N) is 1. The molecule has 2 N–H and O–H groups in total. The lowest BCUT2D eigenvalue weighted by Gasteiger charge is -1.94. The van der Waals surface area contributed by atoms with Gasteiger partial charge in [-0.1, -0.05) is 11.6 Å². The van der Waals surface area contributed by atoms with Crippen molar-refractivity contribution in [1.82, 2.24) is 9.36 Å². The molecule has 1 aromatic carbocycles. The van der Waals surface area contributed by atoms with Crippen molar-refractivity contribution in [3.05, 3.63) is 29.3 Å². The number of amides is 1. The third kappa shape index (κ3) is 2.47. The van der Waals surface area contributed by atoms with Crippen LogP contribution in [0.3, 0.4) is 0 Å². The Morgan fingerprint density at radius 3 is 2.69 bits per heavy atom. The first kappa shape index (κ1) is 10.8. The third-order valence-electron chi connectivity index (χ3n) is 1.74. The van der Waals surface area contributed by atoms with Gasteiger partial charge in [-0.05, 0) is 24.3 Å². The Kier molecular flexibility index (Phi) is 3.02. The maximum atomic E-state index is 10.4. The third-order valence-corrected chi connectivity index (χ3v) is 2.62. The van der Waals surface area contributed by atoms with E-state index in [-0.39, 0.29) is 5.13 Å². The fourth-order valence-corrected chi connectivity index (χ4v) is 1.79. The van der Waals surface area contributed by atoms with Gasteiger partial charge in [0.15, 0.2) is 5.82 Å². The molecular formula is C9H6ClN3O2S. The molecule has 0 fully saturated rings. The van der Waals surface area contributed by atoms with Crippen LogP contribution in [0.15, 0.2) is 24.3 Å². The van der Waals surface area contributed by atoms with Gasteiger partial charge in [0.25, 0.3) is 0 Å². The van der Waals surface area contributed by atoms with Gasteiger partial charge in [0.2, 0.25) is 5.13 Å². The molecule has 0 saturated carbocycles. The smallest absolute Gasteiger partial charge is 0.411 e. The van der Waals surface area contributed by atoms with E-state index in [1.165, 1.54) is 0 Å². The Bertz CT molecular complexity index is 512. The van der Waals surface area contributed by atoms with Gasteiger partial charge in [0.1, 0.15) is 0 Å². The molecule has 2 rings (SSSR count). The van der Waals surface area contributed by atoms with Crippen LogP contribution >= 0.6 is 23.1 Å². The zero-order valence-corrected chi connectivity index (χ0v) is 9.42. The first-order chi connectivity index (χ1) is 7.65. The largest absolute Gasteiger partial charge is 0.465 e. The quantitative estimate of drug-likeness (QED) is 0.865. The van der Waals surface area contributed by atoms with Crippen molar-refractivity contribution >= 4 is 34.4 Å². The summed E-state index contributed by atoms with van der Waals surface area (Å²) < 4.78 is 4.03. The molecule has 7 heteroatoms. The molecule has 0 aliphatic rings. The summed E-state index contributed by atoms with van der Waals surface area (Å²) in [5.74, 6) is 0.477. The van der Waals surface area contributed by atoms with E-state index < -0.39 is 6.09 Å². The Morgan fingerprint density at radius 2 is 2.06 bits per heavy atom. The average Bonchev–Trinajstić information content (AvgIpc) is 2.66. The second-order valence-corrected chi connectivity index (χ2v) is 4.05. The van der Waals surface area contributed by atoms with Gasteiger partial charge in [-0.3, -0.25) is 5.32 Å². The zero-order chi connectivity index (χ0) is 11.5. The molecule has 0 aliphatic carbocycles. The van der Waals surface area contributed by atoms with E-state index in [1.807, 2.05) is 0 Å². The van der Waals surface area contributed by atoms with Crippen molar-refractivity contribution in [3.8, 4) is 11.4 Å². The molecule has 16 heavy (non-hydrogen) atoms. The summed E-state index contributed by atoms with van der Waals surface area (Å²) in [5, 5.41) is 11.5. The van der Waals surface area contributed by atoms with Gasteiger partial charge in [-0.15, -0.1) is 0 Å². The monoisotopic (exact) mass is 255 g/mol. The lowest BCUT2D eigenvalue weighted by molar-refractivity contribution is 0.209. The molecule has 1 heterocycles. The van der Waals surface area contributed by atoms with E-state index in [0.29, 0.717) is 10.8 Å². The van der Waals surface area contributed by atoms with Crippen LogP contribution in [0.4, 0.5) is 9.93 Å². The highest BCUT2D eigenvalue weighted by atomic mass is 35.5. The second-order valence-electron chi connectivity index (χ2n) is 2.86. The standard InChI is InChI=1S/C9H6ClN3O2S/c10-6-3-1-5(2-4-6)7-11-8(16-13-7)12-9(14)15/h1-4H,(H,14,15)(H,11,12,13). The Morgan fingerprint density at radius 1 is 1.38 bits per heavy atom. The highest BCUT2D eigenvalue weighted by Crippen LogP contribution is 2.22. The van der Waals surface area contributed by atoms with Crippen LogP contribution in [0.25, 0.3) is 11.4 Å². The summed E-state index contributed by atoms with van der Waals surface area (Å²) in [7, 11) is 0. The van der Waals surface area contributed by atoms with Crippen LogP contribution in [0.5, 0.6) is 0 Å². The highest BCUT2D eigenvalue weighted by molar-refractivity contribution is 7.10. The lowest BCUT2D eigenvalue weighted by Crippen LogP contribution is -2.06. The Labute approximate surface area is 99.9 Å². The van der Waals surface area contributed by atoms with Crippen molar-refractivity contribution in [3.63, 3.8) is 0 Å².